The summed E-state index contributed by atoms with van der Waals surface area (Å²) < 4.78 is 7.78. The highest BCUT2D eigenvalue weighted by atomic mass is 127. The molecule has 6 heteroatoms. The van der Waals surface area contributed by atoms with E-state index in [-0.39, 0.29) is 6.04 Å². The summed E-state index contributed by atoms with van der Waals surface area (Å²) in [7, 11) is 0. The van der Waals surface area contributed by atoms with Crippen LogP contribution in [0.4, 0.5) is 0 Å². The fourth-order valence-electron chi connectivity index (χ4n) is 1.57. The molecule has 0 aliphatic heterocycles. The Morgan fingerprint density at radius 2 is 2.22 bits per heavy atom. The minimum Gasteiger partial charge on any atom is -0.419 e. The average Bonchev–Trinajstić information content (AvgIpc) is 2.82. The number of nitrogens with zero attached hydrogens (tertiary/aromatic N) is 2. The number of halogens is 2. The first-order valence-electron chi connectivity index (χ1n) is 5.64. The van der Waals surface area contributed by atoms with E-state index in [1.165, 1.54) is 0 Å². The second-order valence-electron chi connectivity index (χ2n) is 3.85. The highest BCUT2D eigenvalue weighted by molar-refractivity contribution is 14.1. The molecule has 96 valence electrons. The van der Waals surface area contributed by atoms with E-state index < -0.39 is 0 Å². The molecule has 18 heavy (non-hydrogen) atoms. The van der Waals surface area contributed by atoms with Gasteiger partial charge in [-0.2, -0.15) is 0 Å². The Morgan fingerprint density at radius 3 is 2.94 bits per heavy atom. The molecule has 1 atom stereocenters. The van der Waals surface area contributed by atoms with Crippen molar-refractivity contribution in [2.45, 2.75) is 19.9 Å². The molecule has 0 amide bonds. The van der Waals surface area contributed by atoms with E-state index in [1.807, 2.05) is 32.0 Å². The smallest absolute Gasteiger partial charge is 0.249 e. The molecule has 1 aromatic heterocycles. The van der Waals surface area contributed by atoms with Crippen LogP contribution in [0.1, 0.15) is 25.8 Å². The summed E-state index contributed by atoms with van der Waals surface area (Å²) in [5.41, 5.74) is 0.921. The fourth-order valence-corrected chi connectivity index (χ4v) is 2.48. The predicted molar refractivity (Wildman–Crippen MR) is 82.2 cm³/mol. The molecule has 0 saturated carbocycles. The van der Waals surface area contributed by atoms with Crippen molar-refractivity contribution in [3.63, 3.8) is 0 Å². The van der Waals surface area contributed by atoms with Gasteiger partial charge in [0.25, 0.3) is 0 Å². The maximum Gasteiger partial charge on any atom is 0.249 e. The number of hydrogen-bond donors (Lipinski definition) is 1. The van der Waals surface area contributed by atoms with E-state index in [0.29, 0.717) is 11.8 Å². The first kappa shape index (κ1) is 14.0. The number of aromatic nitrogens is 2. The molecular formula is C12H13BrIN3O. The van der Waals surface area contributed by atoms with Crippen LogP contribution in [-0.2, 0) is 0 Å². The van der Waals surface area contributed by atoms with Crippen LogP contribution < -0.4 is 5.32 Å². The van der Waals surface area contributed by atoms with Crippen molar-refractivity contribution in [2.24, 2.45) is 0 Å². The minimum absolute atomic E-state index is 0.0674. The van der Waals surface area contributed by atoms with Gasteiger partial charge in [0.05, 0.1) is 11.6 Å². The summed E-state index contributed by atoms with van der Waals surface area (Å²) in [6, 6.07) is 6.08. The second kappa shape index (κ2) is 6.12. The van der Waals surface area contributed by atoms with Crippen molar-refractivity contribution in [1.82, 2.24) is 15.5 Å². The maximum atomic E-state index is 5.70. The Labute approximate surface area is 128 Å². The summed E-state index contributed by atoms with van der Waals surface area (Å²) in [4.78, 5) is 0. The van der Waals surface area contributed by atoms with Gasteiger partial charge >= 0.3 is 0 Å². The molecule has 1 unspecified atom stereocenters. The Kier molecular flexibility index (Phi) is 4.74. The average molecular weight is 422 g/mol. The number of benzene rings is 1. The molecule has 0 fully saturated rings. The van der Waals surface area contributed by atoms with Crippen molar-refractivity contribution >= 4 is 38.5 Å². The van der Waals surface area contributed by atoms with Gasteiger partial charge in [-0.15, -0.1) is 10.2 Å². The highest BCUT2D eigenvalue weighted by Crippen LogP contribution is 2.29. The van der Waals surface area contributed by atoms with Gasteiger partial charge in [0.15, 0.2) is 0 Å². The lowest BCUT2D eigenvalue weighted by molar-refractivity contribution is 0.429. The van der Waals surface area contributed by atoms with Gasteiger partial charge in [0.1, 0.15) is 0 Å². The van der Waals surface area contributed by atoms with Gasteiger partial charge in [0, 0.05) is 8.04 Å². The van der Waals surface area contributed by atoms with E-state index in [1.54, 1.807) is 0 Å². The largest absolute Gasteiger partial charge is 0.419 e. The van der Waals surface area contributed by atoms with Crippen molar-refractivity contribution in [2.75, 3.05) is 6.54 Å². The summed E-state index contributed by atoms with van der Waals surface area (Å²) in [6.45, 7) is 4.92. The molecule has 0 saturated heterocycles. The SMILES string of the molecule is CCNC(C)c1nnc(-c2cc(I)ccc2Br)o1. The molecule has 1 N–H and O–H groups in total. The zero-order valence-corrected chi connectivity index (χ0v) is 13.8. The molecule has 2 rings (SSSR count). The van der Waals surface area contributed by atoms with Gasteiger partial charge in [-0.25, -0.2) is 0 Å². The summed E-state index contributed by atoms with van der Waals surface area (Å²) in [5.74, 6) is 1.15. The Balaban J connectivity index is 2.32. The maximum absolute atomic E-state index is 5.70. The molecule has 2 aromatic rings. The van der Waals surface area contributed by atoms with Crippen LogP contribution in [0.15, 0.2) is 27.1 Å². The highest BCUT2D eigenvalue weighted by Gasteiger charge is 2.15. The fraction of sp³-hybridized carbons (Fsp3) is 0.333. The Bertz CT molecular complexity index is 544. The van der Waals surface area contributed by atoms with Crippen LogP contribution in [0.5, 0.6) is 0 Å². The lowest BCUT2D eigenvalue weighted by Crippen LogP contribution is -2.17. The van der Waals surface area contributed by atoms with E-state index in [4.69, 9.17) is 4.42 Å². The third kappa shape index (κ3) is 3.10. The molecule has 0 radical (unpaired) electrons. The zero-order valence-electron chi connectivity index (χ0n) is 10.1. The first-order chi connectivity index (χ1) is 8.61. The molecule has 1 aromatic carbocycles. The van der Waals surface area contributed by atoms with Gasteiger partial charge < -0.3 is 9.73 Å². The van der Waals surface area contributed by atoms with Crippen LogP contribution in [0.25, 0.3) is 11.5 Å². The van der Waals surface area contributed by atoms with Crippen molar-refractivity contribution < 1.29 is 4.42 Å². The van der Waals surface area contributed by atoms with E-state index >= 15 is 0 Å². The molecule has 0 aliphatic carbocycles. The van der Waals surface area contributed by atoms with Gasteiger partial charge in [-0.3, -0.25) is 0 Å². The Hall–Kier alpha value is -0.470. The monoisotopic (exact) mass is 421 g/mol. The number of rotatable bonds is 4. The van der Waals surface area contributed by atoms with Crippen molar-refractivity contribution in [3.05, 3.63) is 32.1 Å². The standard InChI is InChI=1S/C12H13BrIN3O/c1-3-15-7(2)11-16-17-12(18-11)9-6-8(14)4-5-10(9)13/h4-7,15H,3H2,1-2H3. The lowest BCUT2D eigenvalue weighted by atomic mass is 10.2. The second-order valence-corrected chi connectivity index (χ2v) is 5.95. The van der Waals surface area contributed by atoms with Crippen molar-refractivity contribution in [3.8, 4) is 11.5 Å². The van der Waals surface area contributed by atoms with Crippen molar-refractivity contribution in [1.29, 1.82) is 0 Å². The normalized spacial score (nSPS) is 12.7. The third-order valence-electron chi connectivity index (χ3n) is 2.48. The van der Waals surface area contributed by atoms with E-state index in [2.05, 4.69) is 54.0 Å². The zero-order chi connectivity index (χ0) is 13.1. The topological polar surface area (TPSA) is 51.0 Å². The lowest BCUT2D eigenvalue weighted by Gasteiger charge is -2.06. The van der Waals surface area contributed by atoms with Gasteiger partial charge in [-0.05, 0) is 70.2 Å². The Morgan fingerprint density at radius 1 is 1.44 bits per heavy atom. The quantitative estimate of drug-likeness (QED) is 0.763. The summed E-state index contributed by atoms with van der Waals surface area (Å²) in [6.07, 6.45) is 0. The molecule has 4 nitrogen and oxygen atoms in total. The van der Waals surface area contributed by atoms with Crippen LogP contribution in [0.2, 0.25) is 0 Å². The predicted octanol–water partition coefficient (Wildman–Crippen LogP) is 3.77. The minimum atomic E-state index is 0.0674. The van der Waals surface area contributed by atoms with E-state index in [0.717, 1.165) is 20.2 Å². The first-order valence-corrected chi connectivity index (χ1v) is 7.51. The molecule has 0 bridgehead atoms. The molecule has 1 heterocycles. The van der Waals surface area contributed by atoms with Crippen LogP contribution in [-0.4, -0.2) is 16.7 Å². The third-order valence-corrected chi connectivity index (χ3v) is 3.84. The number of hydrogen-bond acceptors (Lipinski definition) is 4. The van der Waals surface area contributed by atoms with Crippen LogP contribution in [0, 0.1) is 3.57 Å². The summed E-state index contributed by atoms with van der Waals surface area (Å²) in [5, 5.41) is 11.4. The number of nitrogens with one attached hydrogen (secondary N) is 1. The summed E-state index contributed by atoms with van der Waals surface area (Å²) >= 11 is 5.76. The van der Waals surface area contributed by atoms with Crippen LogP contribution in [0.3, 0.4) is 0 Å². The van der Waals surface area contributed by atoms with Gasteiger partial charge in [0.2, 0.25) is 11.8 Å². The molecular weight excluding hydrogens is 409 g/mol. The van der Waals surface area contributed by atoms with Crippen LogP contribution >= 0.6 is 38.5 Å². The van der Waals surface area contributed by atoms with Gasteiger partial charge in [-0.1, -0.05) is 6.92 Å². The molecule has 0 spiro atoms. The molecule has 0 aliphatic rings. The van der Waals surface area contributed by atoms with E-state index in [9.17, 15) is 0 Å².